The summed E-state index contributed by atoms with van der Waals surface area (Å²) in [6.07, 6.45) is 2.07. The van der Waals surface area contributed by atoms with Gasteiger partial charge in [-0.05, 0) is 37.1 Å². The Bertz CT molecular complexity index is 404. The van der Waals surface area contributed by atoms with Crippen LogP contribution in [0.15, 0.2) is 18.2 Å². The van der Waals surface area contributed by atoms with Crippen molar-refractivity contribution in [1.29, 1.82) is 0 Å². The Morgan fingerprint density at radius 3 is 2.40 bits per heavy atom. The Labute approximate surface area is 138 Å². The molecule has 20 heavy (non-hydrogen) atoms. The number of benzene rings is 1. The highest BCUT2D eigenvalue weighted by Gasteiger charge is 2.17. The van der Waals surface area contributed by atoms with Gasteiger partial charge < -0.3 is 4.90 Å². The molecule has 0 saturated carbocycles. The SMILES string of the molecule is CCc1ccc(N2CCN(CCCCl)CC2)cc1Cl.Cl. The van der Waals surface area contributed by atoms with E-state index in [1.807, 2.05) is 0 Å². The van der Waals surface area contributed by atoms with Crippen LogP contribution >= 0.6 is 35.6 Å². The summed E-state index contributed by atoms with van der Waals surface area (Å²) in [5.74, 6) is 0.758. The van der Waals surface area contributed by atoms with E-state index in [1.165, 1.54) is 11.3 Å². The summed E-state index contributed by atoms with van der Waals surface area (Å²) in [4.78, 5) is 4.91. The lowest BCUT2D eigenvalue weighted by Gasteiger charge is -2.36. The van der Waals surface area contributed by atoms with E-state index in [0.717, 1.165) is 56.5 Å². The van der Waals surface area contributed by atoms with Gasteiger partial charge in [0, 0.05) is 42.8 Å². The fourth-order valence-electron chi connectivity index (χ4n) is 2.53. The molecule has 1 fully saturated rings. The molecule has 0 unspecified atom stereocenters. The third kappa shape index (κ3) is 4.70. The van der Waals surface area contributed by atoms with Gasteiger partial charge in [0.2, 0.25) is 0 Å². The molecule has 0 aliphatic carbocycles. The van der Waals surface area contributed by atoms with Crippen molar-refractivity contribution in [3.05, 3.63) is 28.8 Å². The van der Waals surface area contributed by atoms with E-state index in [2.05, 4.69) is 34.9 Å². The van der Waals surface area contributed by atoms with Gasteiger partial charge in [0.15, 0.2) is 0 Å². The molecule has 1 aliphatic rings. The van der Waals surface area contributed by atoms with Gasteiger partial charge in [-0.15, -0.1) is 24.0 Å². The van der Waals surface area contributed by atoms with Crippen LogP contribution in [-0.4, -0.2) is 43.5 Å². The molecule has 0 amide bonds. The summed E-state index contributed by atoms with van der Waals surface area (Å²) < 4.78 is 0. The molecule has 1 saturated heterocycles. The zero-order chi connectivity index (χ0) is 13.7. The van der Waals surface area contributed by atoms with Crippen molar-refractivity contribution in [2.75, 3.05) is 43.5 Å². The summed E-state index contributed by atoms with van der Waals surface area (Å²) in [6, 6.07) is 6.45. The molecule has 2 nitrogen and oxygen atoms in total. The highest BCUT2D eigenvalue weighted by atomic mass is 35.5. The van der Waals surface area contributed by atoms with Crippen LogP contribution in [0.2, 0.25) is 5.02 Å². The van der Waals surface area contributed by atoms with Crippen molar-refractivity contribution >= 4 is 41.3 Å². The van der Waals surface area contributed by atoms with E-state index in [4.69, 9.17) is 23.2 Å². The van der Waals surface area contributed by atoms with Gasteiger partial charge in [0.1, 0.15) is 0 Å². The number of alkyl halides is 1. The fourth-order valence-corrected chi connectivity index (χ4v) is 2.96. The summed E-state index contributed by atoms with van der Waals surface area (Å²) >= 11 is 12.0. The number of hydrogen-bond acceptors (Lipinski definition) is 2. The summed E-state index contributed by atoms with van der Waals surface area (Å²) in [5, 5.41) is 0.893. The first-order valence-electron chi connectivity index (χ1n) is 7.06. The molecular formula is C15H23Cl3N2. The topological polar surface area (TPSA) is 6.48 Å². The second-order valence-electron chi connectivity index (χ2n) is 5.00. The van der Waals surface area contributed by atoms with Gasteiger partial charge in [0.25, 0.3) is 0 Å². The second kappa shape index (κ2) is 8.99. The van der Waals surface area contributed by atoms with E-state index in [0.29, 0.717) is 0 Å². The van der Waals surface area contributed by atoms with E-state index in [9.17, 15) is 0 Å². The lowest BCUT2D eigenvalue weighted by Crippen LogP contribution is -2.46. The third-order valence-corrected chi connectivity index (χ3v) is 4.38. The smallest absolute Gasteiger partial charge is 0.0458 e. The molecule has 2 rings (SSSR count). The Balaban J connectivity index is 0.00000200. The first-order valence-corrected chi connectivity index (χ1v) is 7.97. The second-order valence-corrected chi connectivity index (χ2v) is 5.79. The van der Waals surface area contributed by atoms with Gasteiger partial charge in [-0.25, -0.2) is 0 Å². The Morgan fingerprint density at radius 1 is 1.15 bits per heavy atom. The average Bonchev–Trinajstić information content (AvgIpc) is 2.45. The highest BCUT2D eigenvalue weighted by Crippen LogP contribution is 2.25. The van der Waals surface area contributed by atoms with Gasteiger partial charge in [-0.3, -0.25) is 4.90 Å². The first kappa shape index (κ1) is 17.9. The van der Waals surface area contributed by atoms with E-state index < -0.39 is 0 Å². The van der Waals surface area contributed by atoms with Crippen molar-refractivity contribution < 1.29 is 0 Å². The normalized spacial score (nSPS) is 16.1. The van der Waals surface area contributed by atoms with Crippen molar-refractivity contribution in [2.45, 2.75) is 19.8 Å². The molecule has 1 heterocycles. The predicted octanol–water partition coefficient (Wildman–Crippen LogP) is 4.08. The standard InChI is InChI=1S/C15H22Cl2N2.ClH/c1-2-13-4-5-14(12-15(13)17)19-10-8-18(9-11-19)7-3-6-16;/h4-5,12H,2-3,6-11H2,1H3;1H. The summed E-state index contributed by atoms with van der Waals surface area (Å²) in [5.41, 5.74) is 2.48. The Morgan fingerprint density at radius 2 is 1.85 bits per heavy atom. The molecule has 1 aliphatic heterocycles. The molecule has 0 bridgehead atoms. The minimum absolute atomic E-state index is 0. The first-order chi connectivity index (χ1) is 9.24. The number of rotatable bonds is 5. The van der Waals surface area contributed by atoms with Crippen molar-refractivity contribution in [3.8, 4) is 0 Å². The van der Waals surface area contributed by atoms with Crippen LogP contribution in [0.25, 0.3) is 0 Å². The van der Waals surface area contributed by atoms with Crippen LogP contribution in [0.3, 0.4) is 0 Å². The van der Waals surface area contributed by atoms with Crippen LogP contribution < -0.4 is 4.90 Å². The molecule has 0 radical (unpaired) electrons. The predicted molar refractivity (Wildman–Crippen MR) is 92.1 cm³/mol. The molecule has 1 aromatic carbocycles. The maximum absolute atomic E-state index is 6.29. The minimum atomic E-state index is 0. The number of hydrogen-bond donors (Lipinski definition) is 0. The van der Waals surface area contributed by atoms with Gasteiger partial charge in [0.05, 0.1) is 0 Å². The molecule has 0 atom stereocenters. The van der Waals surface area contributed by atoms with Gasteiger partial charge in [-0.1, -0.05) is 24.6 Å². The Kier molecular flexibility index (Phi) is 8.04. The zero-order valence-corrected chi connectivity index (χ0v) is 14.3. The van der Waals surface area contributed by atoms with E-state index >= 15 is 0 Å². The highest BCUT2D eigenvalue weighted by molar-refractivity contribution is 6.31. The molecule has 114 valence electrons. The monoisotopic (exact) mass is 336 g/mol. The average molecular weight is 338 g/mol. The number of piperazine rings is 1. The van der Waals surface area contributed by atoms with Crippen LogP contribution in [0.5, 0.6) is 0 Å². The fraction of sp³-hybridized carbons (Fsp3) is 0.600. The molecule has 0 aromatic heterocycles. The van der Waals surface area contributed by atoms with E-state index in [1.54, 1.807) is 0 Å². The van der Waals surface area contributed by atoms with Crippen LogP contribution in [-0.2, 0) is 6.42 Å². The molecular weight excluding hydrogens is 315 g/mol. The van der Waals surface area contributed by atoms with Crippen LogP contribution in [0.4, 0.5) is 5.69 Å². The minimum Gasteiger partial charge on any atom is -0.369 e. The summed E-state index contributed by atoms with van der Waals surface area (Å²) in [7, 11) is 0. The van der Waals surface area contributed by atoms with Gasteiger partial charge >= 0.3 is 0 Å². The molecule has 5 heteroatoms. The maximum Gasteiger partial charge on any atom is 0.0458 e. The molecule has 1 aromatic rings. The lowest BCUT2D eigenvalue weighted by atomic mass is 10.1. The maximum atomic E-state index is 6.29. The molecule has 0 N–H and O–H groups in total. The van der Waals surface area contributed by atoms with Crippen molar-refractivity contribution in [2.24, 2.45) is 0 Å². The van der Waals surface area contributed by atoms with Crippen LogP contribution in [0, 0.1) is 0 Å². The quantitative estimate of drug-likeness (QED) is 0.747. The lowest BCUT2D eigenvalue weighted by molar-refractivity contribution is 0.259. The summed E-state index contributed by atoms with van der Waals surface area (Å²) in [6.45, 7) is 7.63. The van der Waals surface area contributed by atoms with Gasteiger partial charge in [-0.2, -0.15) is 0 Å². The number of halogens is 3. The number of nitrogens with zero attached hydrogens (tertiary/aromatic N) is 2. The number of anilines is 1. The van der Waals surface area contributed by atoms with Crippen molar-refractivity contribution in [1.82, 2.24) is 4.90 Å². The molecule has 0 spiro atoms. The largest absolute Gasteiger partial charge is 0.369 e. The van der Waals surface area contributed by atoms with Crippen molar-refractivity contribution in [3.63, 3.8) is 0 Å². The number of aryl methyl sites for hydroxylation is 1. The third-order valence-electron chi connectivity index (χ3n) is 3.76. The van der Waals surface area contributed by atoms with Crippen LogP contribution in [0.1, 0.15) is 18.9 Å². The Hall–Kier alpha value is -0.150. The zero-order valence-electron chi connectivity index (χ0n) is 11.9. The van der Waals surface area contributed by atoms with E-state index in [-0.39, 0.29) is 12.4 Å².